The molecule has 1 atom stereocenters. The maximum atomic E-state index is 12.0. The van der Waals surface area contributed by atoms with Gasteiger partial charge in [-0.25, -0.2) is 0 Å². The van der Waals surface area contributed by atoms with Crippen molar-refractivity contribution in [3.8, 4) is 6.07 Å². The van der Waals surface area contributed by atoms with E-state index < -0.39 is 17.9 Å². The molecule has 0 radical (unpaired) electrons. The first kappa shape index (κ1) is 14.3. The summed E-state index contributed by atoms with van der Waals surface area (Å²) in [6.07, 6.45) is 0. The van der Waals surface area contributed by atoms with Crippen LogP contribution in [0.1, 0.15) is 10.4 Å². The van der Waals surface area contributed by atoms with Gasteiger partial charge in [-0.3, -0.25) is 9.59 Å². The number of carbonyl (C=O) groups is 2. The van der Waals surface area contributed by atoms with Crippen molar-refractivity contribution in [3.63, 3.8) is 0 Å². The Balaban J connectivity index is 2.02. The Morgan fingerprint density at radius 1 is 0.952 bits per heavy atom. The largest absolute Gasteiger partial charge is 0.329 e. The zero-order chi connectivity index (χ0) is 15.1. The third-order valence-corrected chi connectivity index (χ3v) is 2.74. The lowest BCUT2D eigenvalue weighted by molar-refractivity contribution is -0.116. The molecule has 0 heterocycles. The highest BCUT2D eigenvalue weighted by molar-refractivity contribution is 6.02. The van der Waals surface area contributed by atoms with Gasteiger partial charge in [0.25, 0.3) is 11.8 Å². The number of amides is 2. The molecule has 0 saturated carbocycles. The molecule has 0 aliphatic heterocycles. The standard InChI is InChI=1S/C16H13N3O2/c17-11-14(16(21)18-13-9-5-2-6-10-13)19-15(20)12-7-3-1-4-8-12/h1-10,14H,(H,18,21)(H,19,20). The second-order valence-corrected chi connectivity index (χ2v) is 4.26. The van der Waals surface area contributed by atoms with Crippen LogP contribution in [0.15, 0.2) is 60.7 Å². The fourth-order valence-electron chi connectivity index (χ4n) is 1.70. The number of rotatable bonds is 4. The molecule has 5 heteroatoms. The van der Waals surface area contributed by atoms with Gasteiger partial charge < -0.3 is 10.6 Å². The first-order chi connectivity index (χ1) is 10.2. The maximum Gasteiger partial charge on any atom is 0.261 e. The molecule has 2 amide bonds. The molecular weight excluding hydrogens is 266 g/mol. The van der Waals surface area contributed by atoms with E-state index in [1.807, 2.05) is 6.07 Å². The molecule has 2 aromatic carbocycles. The number of hydrogen-bond donors (Lipinski definition) is 2. The Morgan fingerprint density at radius 2 is 1.52 bits per heavy atom. The molecule has 2 rings (SSSR count). The smallest absolute Gasteiger partial charge is 0.261 e. The molecule has 0 fully saturated rings. The summed E-state index contributed by atoms with van der Waals surface area (Å²) in [5, 5.41) is 14.0. The van der Waals surface area contributed by atoms with E-state index in [1.165, 1.54) is 0 Å². The highest BCUT2D eigenvalue weighted by Crippen LogP contribution is 2.06. The van der Waals surface area contributed by atoms with Crippen molar-refractivity contribution in [1.82, 2.24) is 5.32 Å². The van der Waals surface area contributed by atoms with Gasteiger partial charge in [-0.1, -0.05) is 36.4 Å². The van der Waals surface area contributed by atoms with Crippen LogP contribution in [0.5, 0.6) is 0 Å². The van der Waals surface area contributed by atoms with Crippen molar-refractivity contribution in [2.45, 2.75) is 6.04 Å². The van der Waals surface area contributed by atoms with Crippen LogP contribution in [0.3, 0.4) is 0 Å². The predicted molar refractivity (Wildman–Crippen MR) is 78.4 cm³/mol. The lowest BCUT2D eigenvalue weighted by Gasteiger charge is -2.12. The minimum atomic E-state index is -1.25. The quantitative estimate of drug-likeness (QED) is 0.897. The van der Waals surface area contributed by atoms with Gasteiger partial charge in [0, 0.05) is 11.3 Å². The summed E-state index contributed by atoms with van der Waals surface area (Å²) in [5.41, 5.74) is 0.960. The van der Waals surface area contributed by atoms with E-state index in [0.29, 0.717) is 11.3 Å². The van der Waals surface area contributed by atoms with Gasteiger partial charge in [-0.2, -0.15) is 5.26 Å². The summed E-state index contributed by atoms with van der Waals surface area (Å²) < 4.78 is 0. The third kappa shape index (κ3) is 3.91. The molecule has 2 N–H and O–H groups in total. The predicted octanol–water partition coefficient (Wildman–Crippen LogP) is 1.95. The van der Waals surface area contributed by atoms with Crippen LogP contribution < -0.4 is 10.6 Å². The van der Waals surface area contributed by atoms with Gasteiger partial charge in [0.15, 0.2) is 6.04 Å². The van der Waals surface area contributed by atoms with Crippen LogP contribution in [-0.2, 0) is 4.79 Å². The minimum absolute atomic E-state index is 0.394. The van der Waals surface area contributed by atoms with E-state index in [-0.39, 0.29) is 0 Å². The van der Waals surface area contributed by atoms with E-state index in [1.54, 1.807) is 60.7 Å². The fraction of sp³-hybridized carbons (Fsp3) is 0.0625. The number of nitrogens with zero attached hydrogens (tertiary/aromatic N) is 1. The molecule has 0 aliphatic carbocycles. The number of para-hydroxylation sites is 1. The Kier molecular flexibility index (Phi) is 4.67. The maximum absolute atomic E-state index is 12.0. The van der Waals surface area contributed by atoms with Crippen molar-refractivity contribution in [2.24, 2.45) is 0 Å². The molecule has 0 aliphatic rings. The second kappa shape index (κ2) is 6.87. The number of carbonyl (C=O) groups excluding carboxylic acids is 2. The zero-order valence-corrected chi connectivity index (χ0v) is 11.1. The first-order valence-corrected chi connectivity index (χ1v) is 6.32. The van der Waals surface area contributed by atoms with Gasteiger partial charge in [0.05, 0.1) is 6.07 Å². The summed E-state index contributed by atoms with van der Waals surface area (Å²) in [4.78, 5) is 23.9. The highest BCUT2D eigenvalue weighted by Gasteiger charge is 2.20. The summed E-state index contributed by atoms with van der Waals surface area (Å²) in [6, 6.07) is 17.7. The van der Waals surface area contributed by atoms with E-state index in [9.17, 15) is 9.59 Å². The number of anilines is 1. The average molecular weight is 279 g/mol. The molecule has 21 heavy (non-hydrogen) atoms. The number of nitrogens with one attached hydrogen (secondary N) is 2. The second-order valence-electron chi connectivity index (χ2n) is 4.26. The summed E-state index contributed by atoms with van der Waals surface area (Å²) in [6.45, 7) is 0. The van der Waals surface area contributed by atoms with Crippen LogP contribution in [0.4, 0.5) is 5.69 Å². The SMILES string of the molecule is N#CC(NC(=O)c1ccccc1)C(=O)Nc1ccccc1. The molecular formula is C16H13N3O2. The van der Waals surface area contributed by atoms with Crippen LogP contribution in [0, 0.1) is 11.3 Å². The van der Waals surface area contributed by atoms with Crippen molar-refractivity contribution < 1.29 is 9.59 Å². The summed E-state index contributed by atoms with van der Waals surface area (Å²) in [5.74, 6) is -1.04. The summed E-state index contributed by atoms with van der Waals surface area (Å²) >= 11 is 0. The van der Waals surface area contributed by atoms with Crippen LogP contribution in [-0.4, -0.2) is 17.9 Å². The number of benzene rings is 2. The Morgan fingerprint density at radius 3 is 2.10 bits per heavy atom. The first-order valence-electron chi connectivity index (χ1n) is 6.32. The molecule has 104 valence electrons. The minimum Gasteiger partial charge on any atom is -0.329 e. The Hall–Kier alpha value is -3.13. The van der Waals surface area contributed by atoms with Gasteiger partial charge >= 0.3 is 0 Å². The van der Waals surface area contributed by atoms with Crippen molar-refractivity contribution in [2.75, 3.05) is 5.32 Å². The molecule has 0 spiro atoms. The van der Waals surface area contributed by atoms with Gasteiger partial charge in [-0.05, 0) is 24.3 Å². The monoisotopic (exact) mass is 279 g/mol. The van der Waals surface area contributed by atoms with Gasteiger partial charge in [0.2, 0.25) is 0 Å². The van der Waals surface area contributed by atoms with E-state index in [4.69, 9.17) is 5.26 Å². The van der Waals surface area contributed by atoms with E-state index >= 15 is 0 Å². The van der Waals surface area contributed by atoms with Crippen molar-refractivity contribution >= 4 is 17.5 Å². The lowest BCUT2D eigenvalue weighted by Crippen LogP contribution is -2.42. The third-order valence-electron chi connectivity index (χ3n) is 2.74. The highest BCUT2D eigenvalue weighted by atomic mass is 16.2. The number of nitriles is 1. The summed E-state index contributed by atoms with van der Waals surface area (Å²) in [7, 11) is 0. The zero-order valence-electron chi connectivity index (χ0n) is 11.1. The molecule has 5 nitrogen and oxygen atoms in total. The topological polar surface area (TPSA) is 82.0 Å². The van der Waals surface area contributed by atoms with E-state index in [2.05, 4.69) is 10.6 Å². The number of hydrogen-bond acceptors (Lipinski definition) is 3. The van der Waals surface area contributed by atoms with Crippen molar-refractivity contribution in [1.29, 1.82) is 5.26 Å². The Labute approximate surface area is 122 Å². The Bertz CT molecular complexity index is 663. The van der Waals surface area contributed by atoms with Crippen LogP contribution >= 0.6 is 0 Å². The molecule has 0 saturated heterocycles. The normalized spacial score (nSPS) is 11.0. The molecule has 2 aromatic rings. The fourth-order valence-corrected chi connectivity index (χ4v) is 1.70. The van der Waals surface area contributed by atoms with Crippen LogP contribution in [0.25, 0.3) is 0 Å². The average Bonchev–Trinajstić information content (AvgIpc) is 2.54. The van der Waals surface area contributed by atoms with Gasteiger partial charge in [0.1, 0.15) is 0 Å². The molecule has 0 bridgehead atoms. The van der Waals surface area contributed by atoms with Crippen molar-refractivity contribution in [3.05, 3.63) is 66.2 Å². The lowest BCUT2D eigenvalue weighted by atomic mass is 10.2. The van der Waals surface area contributed by atoms with Gasteiger partial charge in [-0.15, -0.1) is 0 Å². The molecule has 0 aromatic heterocycles. The van der Waals surface area contributed by atoms with E-state index in [0.717, 1.165) is 0 Å². The van der Waals surface area contributed by atoms with Crippen LogP contribution in [0.2, 0.25) is 0 Å². The molecule has 1 unspecified atom stereocenters.